The summed E-state index contributed by atoms with van der Waals surface area (Å²) in [7, 11) is 0. The lowest BCUT2D eigenvalue weighted by atomic mass is 9.99. The van der Waals surface area contributed by atoms with E-state index in [-0.39, 0.29) is 6.04 Å². The van der Waals surface area contributed by atoms with Crippen LogP contribution in [-0.2, 0) is 6.42 Å². The van der Waals surface area contributed by atoms with Crippen molar-refractivity contribution in [2.45, 2.75) is 19.4 Å². The van der Waals surface area contributed by atoms with Gasteiger partial charge in [0.05, 0.1) is 12.6 Å². The molecule has 1 aliphatic rings. The van der Waals surface area contributed by atoms with E-state index in [4.69, 9.17) is 5.73 Å². The highest BCUT2D eigenvalue weighted by molar-refractivity contribution is 5.80. The number of nitrogens with two attached hydrogens (primary N) is 1. The maximum absolute atomic E-state index is 5.59. The van der Waals surface area contributed by atoms with Gasteiger partial charge in [-0.25, -0.2) is 0 Å². The molecule has 0 fully saturated rings. The molecule has 0 amide bonds. The lowest BCUT2D eigenvalue weighted by Crippen LogP contribution is -2.30. The van der Waals surface area contributed by atoms with Crippen LogP contribution in [0, 0.1) is 0 Å². The fraction of sp³-hybridized carbons (Fsp3) is 0.364. The molecule has 1 atom stereocenters. The number of rotatable bonds is 2. The van der Waals surface area contributed by atoms with Crippen molar-refractivity contribution >= 4 is 5.96 Å². The largest absolute Gasteiger partial charge is 0.370 e. The highest BCUT2D eigenvalue weighted by atomic mass is 15.2. The van der Waals surface area contributed by atoms with Gasteiger partial charge in [-0.05, 0) is 17.5 Å². The van der Waals surface area contributed by atoms with Crippen LogP contribution in [0.25, 0.3) is 0 Å². The molecule has 14 heavy (non-hydrogen) atoms. The molecule has 0 radical (unpaired) electrons. The van der Waals surface area contributed by atoms with E-state index in [2.05, 4.69) is 41.5 Å². The zero-order chi connectivity index (χ0) is 9.97. The number of aliphatic imine (C=N–C) groups is 1. The first-order valence-electron chi connectivity index (χ1n) is 4.95. The Bertz CT molecular complexity index is 357. The molecule has 0 saturated heterocycles. The lowest BCUT2D eigenvalue weighted by Gasteiger charge is -2.14. The Hall–Kier alpha value is -1.51. The van der Waals surface area contributed by atoms with Crippen molar-refractivity contribution in [2.24, 2.45) is 10.7 Å². The molecule has 1 aliphatic heterocycles. The Balaban J connectivity index is 2.24. The van der Waals surface area contributed by atoms with Gasteiger partial charge in [-0.1, -0.05) is 31.2 Å². The highest BCUT2D eigenvalue weighted by Gasteiger charge is 2.18. The fourth-order valence-electron chi connectivity index (χ4n) is 1.83. The van der Waals surface area contributed by atoms with Crippen LogP contribution in [0.15, 0.2) is 29.3 Å². The summed E-state index contributed by atoms with van der Waals surface area (Å²) in [6.07, 6.45) is 1.05. The Kier molecular flexibility index (Phi) is 2.39. The third kappa shape index (κ3) is 1.58. The van der Waals surface area contributed by atoms with Crippen molar-refractivity contribution in [3.8, 4) is 0 Å². The lowest BCUT2D eigenvalue weighted by molar-refractivity contribution is 0.698. The van der Waals surface area contributed by atoms with Gasteiger partial charge in [0.25, 0.3) is 0 Å². The van der Waals surface area contributed by atoms with E-state index in [0.717, 1.165) is 13.0 Å². The van der Waals surface area contributed by atoms with Crippen LogP contribution in [-0.4, -0.2) is 12.5 Å². The fourth-order valence-corrected chi connectivity index (χ4v) is 1.83. The summed E-state index contributed by atoms with van der Waals surface area (Å²) in [6, 6.07) is 8.70. The van der Waals surface area contributed by atoms with Crippen molar-refractivity contribution < 1.29 is 0 Å². The van der Waals surface area contributed by atoms with E-state index in [1.54, 1.807) is 0 Å². The molecular formula is C11H15N3. The van der Waals surface area contributed by atoms with Crippen LogP contribution in [0.5, 0.6) is 0 Å². The number of nitrogens with zero attached hydrogens (tertiary/aromatic N) is 1. The van der Waals surface area contributed by atoms with Crippen molar-refractivity contribution in [2.75, 3.05) is 6.54 Å². The third-order valence-corrected chi connectivity index (χ3v) is 2.58. The summed E-state index contributed by atoms with van der Waals surface area (Å²) in [5, 5.41) is 3.17. The number of hydrogen-bond donors (Lipinski definition) is 2. The molecule has 0 aromatic heterocycles. The summed E-state index contributed by atoms with van der Waals surface area (Å²) >= 11 is 0. The maximum Gasteiger partial charge on any atom is 0.189 e. The second kappa shape index (κ2) is 3.70. The van der Waals surface area contributed by atoms with Crippen molar-refractivity contribution in [3.05, 3.63) is 35.4 Å². The summed E-state index contributed by atoms with van der Waals surface area (Å²) in [6.45, 7) is 2.92. The Labute approximate surface area is 84.0 Å². The minimum absolute atomic E-state index is 0.270. The Morgan fingerprint density at radius 3 is 2.93 bits per heavy atom. The van der Waals surface area contributed by atoms with Gasteiger partial charge in [-0.2, -0.15) is 0 Å². The smallest absolute Gasteiger partial charge is 0.189 e. The van der Waals surface area contributed by atoms with E-state index in [9.17, 15) is 0 Å². The summed E-state index contributed by atoms with van der Waals surface area (Å²) < 4.78 is 0. The number of guanidine groups is 1. The SMILES string of the molecule is CCc1ccccc1C1CN=C(N)N1. The molecule has 1 unspecified atom stereocenters. The molecule has 1 aromatic rings. The van der Waals surface area contributed by atoms with E-state index in [1.807, 2.05) is 0 Å². The minimum Gasteiger partial charge on any atom is -0.370 e. The molecule has 0 aliphatic carbocycles. The van der Waals surface area contributed by atoms with Crippen LogP contribution in [0.1, 0.15) is 24.1 Å². The molecule has 2 rings (SSSR count). The number of aryl methyl sites for hydroxylation is 1. The molecule has 0 bridgehead atoms. The van der Waals surface area contributed by atoms with Gasteiger partial charge in [0.15, 0.2) is 5.96 Å². The van der Waals surface area contributed by atoms with Crippen molar-refractivity contribution in [3.63, 3.8) is 0 Å². The molecule has 3 nitrogen and oxygen atoms in total. The molecule has 74 valence electrons. The topological polar surface area (TPSA) is 50.4 Å². The minimum atomic E-state index is 0.270. The van der Waals surface area contributed by atoms with Crippen molar-refractivity contribution in [1.29, 1.82) is 0 Å². The van der Waals surface area contributed by atoms with E-state index in [0.29, 0.717) is 5.96 Å². The zero-order valence-electron chi connectivity index (χ0n) is 8.33. The highest BCUT2D eigenvalue weighted by Crippen LogP contribution is 2.20. The Morgan fingerprint density at radius 2 is 2.29 bits per heavy atom. The second-order valence-corrected chi connectivity index (χ2v) is 3.48. The third-order valence-electron chi connectivity index (χ3n) is 2.58. The maximum atomic E-state index is 5.59. The van der Waals surface area contributed by atoms with E-state index >= 15 is 0 Å². The van der Waals surface area contributed by atoms with Gasteiger partial charge >= 0.3 is 0 Å². The number of benzene rings is 1. The normalized spacial score (nSPS) is 20.4. The predicted octanol–water partition coefficient (Wildman–Crippen LogP) is 1.21. The molecule has 3 heteroatoms. The first kappa shape index (κ1) is 9.06. The van der Waals surface area contributed by atoms with Crippen molar-refractivity contribution in [1.82, 2.24) is 5.32 Å². The molecule has 0 saturated carbocycles. The monoisotopic (exact) mass is 189 g/mol. The number of nitrogens with one attached hydrogen (secondary N) is 1. The average molecular weight is 189 g/mol. The average Bonchev–Trinajstić information content (AvgIpc) is 2.65. The molecule has 0 spiro atoms. The standard InChI is InChI=1S/C11H15N3/c1-2-8-5-3-4-6-9(8)10-7-13-11(12)14-10/h3-6,10H,2,7H2,1H3,(H3,12,13,14). The van der Waals surface area contributed by atoms with Crippen LogP contribution < -0.4 is 11.1 Å². The van der Waals surface area contributed by atoms with Crippen LogP contribution in [0.4, 0.5) is 0 Å². The van der Waals surface area contributed by atoms with Gasteiger partial charge in [-0.3, -0.25) is 4.99 Å². The molecular weight excluding hydrogens is 174 g/mol. The van der Waals surface area contributed by atoms with Crippen LogP contribution in [0.3, 0.4) is 0 Å². The van der Waals surface area contributed by atoms with Crippen LogP contribution in [0.2, 0.25) is 0 Å². The van der Waals surface area contributed by atoms with E-state index < -0.39 is 0 Å². The van der Waals surface area contributed by atoms with E-state index in [1.165, 1.54) is 11.1 Å². The van der Waals surface area contributed by atoms with Crippen LogP contribution >= 0.6 is 0 Å². The van der Waals surface area contributed by atoms with Gasteiger partial charge in [-0.15, -0.1) is 0 Å². The summed E-state index contributed by atoms with van der Waals surface area (Å²) in [5.41, 5.74) is 8.28. The zero-order valence-corrected chi connectivity index (χ0v) is 8.33. The quantitative estimate of drug-likeness (QED) is 0.734. The summed E-state index contributed by atoms with van der Waals surface area (Å²) in [5.74, 6) is 0.556. The Morgan fingerprint density at radius 1 is 1.50 bits per heavy atom. The first-order valence-corrected chi connectivity index (χ1v) is 4.95. The van der Waals surface area contributed by atoms with Gasteiger partial charge in [0, 0.05) is 0 Å². The van der Waals surface area contributed by atoms with Gasteiger partial charge in [0.1, 0.15) is 0 Å². The first-order chi connectivity index (χ1) is 6.81. The summed E-state index contributed by atoms with van der Waals surface area (Å²) in [4.78, 5) is 4.15. The molecule has 3 N–H and O–H groups in total. The second-order valence-electron chi connectivity index (χ2n) is 3.48. The number of hydrogen-bond acceptors (Lipinski definition) is 3. The molecule has 1 heterocycles. The van der Waals surface area contributed by atoms with Gasteiger partial charge < -0.3 is 11.1 Å². The predicted molar refractivity (Wildman–Crippen MR) is 58.2 cm³/mol. The van der Waals surface area contributed by atoms with Gasteiger partial charge in [0.2, 0.25) is 0 Å². The molecule has 1 aromatic carbocycles.